The second-order valence-electron chi connectivity index (χ2n) is 6.19. The first-order chi connectivity index (χ1) is 12.8. The largest absolute Gasteiger partial charge is 0.321 e. The highest BCUT2D eigenvalue weighted by Gasteiger charge is 2.28. The zero-order valence-electron chi connectivity index (χ0n) is 14.2. The lowest BCUT2D eigenvalue weighted by Gasteiger charge is -2.26. The van der Waals surface area contributed by atoms with E-state index in [2.05, 4.69) is 21.2 Å². The van der Waals surface area contributed by atoms with Gasteiger partial charge in [0.15, 0.2) is 0 Å². The van der Waals surface area contributed by atoms with Crippen molar-refractivity contribution in [3.05, 3.63) is 56.5 Å². The molecule has 2 aromatic carbocycles. The molecular weight excluding hydrogens is 475 g/mol. The van der Waals surface area contributed by atoms with Crippen molar-refractivity contribution in [1.82, 2.24) is 4.31 Å². The van der Waals surface area contributed by atoms with Gasteiger partial charge in [-0.2, -0.15) is 4.31 Å². The third-order valence-corrected chi connectivity index (χ3v) is 7.49. The fraction of sp³-hybridized carbons (Fsp3) is 0.278. The summed E-state index contributed by atoms with van der Waals surface area (Å²) in [5.74, 6) is -0.467. The lowest BCUT2D eigenvalue weighted by Crippen LogP contribution is -2.35. The molecule has 1 N–H and O–H groups in total. The van der Waals surface area contributed by atoms with Gasteiger partial charge in [0.05, 0.1) is 15.7 Å². The highest BCUT2D eigenvalue weighted by atomic mass is 79.9. The maximum atomic E-state index is 12.9. The number of carbonyl (C=O) groups excluding carboxylic acids is 1. The lowest BCUT2D eigenvalue weighted by molar-refractivity contribution is 0.102. The summed E-state index contributed by atoms with van der Waals surface area (Å²) in [6, 6.07) is 9.29. The van der Waals surface area contributed by atoms with Gasteiger partial charge in [-0.05, 0) is 49.2 Å². The Bertz CT molecular complexity index is 977. The van der Waals surface area contributed by atoms with Crippen molar-refractivity contribution in [3.63, 3.8) is 0 Å². The number of piperidine rings is 1. The Hall–Kier alpha value is -1.12. The van der Waals surface area contributed by atoms with Crippen molar-refractivity contribution in [2.75, 3.05) is 18.4 Å². The molecule has 0 atom stereocenters. The number of nitrogens with one attached hydrogen (secondary N) is 1. The minimum atomic E-state index is -3.75. The van der Waals surface area contributed by atoms with Gasteiger partial charge < -0.3 is 5.32 Å². The molecule has 1 aliphatic heterocycles. The maximum absolute atomic E-state index is 12.9. The summed E-state index contributed by atoms with van der Waals surface area (Å²) in [5, 5.41) is 3.15. The fourth-order valence-electron chi connectivity index (χ4n) is 2.87. The number of hydrogen-bond donors (Lipinski definition) is 1. The second-order valence-corrected chi connectivity index (χ2v) is 9.82. The third kappa shape index (κ3) is 4.66. The van der Waals surface area contributed by atoms with Gasteiger partial charge >= 0.3 is 0 Å². The van der Waals surface area contributed by atoms with E-state index in [-0.39, 0.29) is 15.5 Å². The monoisotopic (exact) mass is 490 g/mol. The summed E-state index contributed by atoms with van der Waals surface area (Å²) in [5.41, 5.74) is 0.620. The summed E-state index contributed by atoms with van der Waals surface area (Å²) in [6.07, 6.45) is 2.65. The first-order valence-corrected chi connectivity index (χ1v) is 11.3. The topological polar surface area (TPSA) is 66.5 Å². The Labute approximate surface area is 176 Å². The van der Waals surface area contributed by atoms with Crippen molar-refractivity contribution >= 4 is 60.7 Å². The molecular formula is C18H17BrCl2N2O3S. The van der Waals surface area contributed by atoms with E-state index in [4.69, 9.17) is 23.2 Å². The number of anilines is 1. The molecule has 1 heterocycles. The number of carbonyl (C=O) groups is 1. The van der Waals surface area contributed by atoms with Crippen LogP contribution in [-0.4, -0.2) is 31.7 Å². The van der Waals surface area contributed by atoms with Crippen LogP contribution in [0.5, 0.6) is 0 Å². The number of benzene rings is 2. The van der Waals surface area contributed by atoms with Crippen molar-refractivity contribution in [1.29, 1.82) is 0 Å². The molecule has 1 fully saturated rings. The molecule has 0 spiro atoms. The standard InChI is InChI=1S/C18H17BrCl2N2O3S/c19-13-5-7-16(15(21)11-13)22-18(24)12-4-6-14(20)17(10-12)27(25,26)23-8-2-1-3-9-23/h4-7,10-11H,1-3,8-9H2,(H,22,24). The van der Waals surface area contributed by atoms with Crippen LogP contribution >= 0.6 is 39.1 Å². The quantitative estimate of drug-likeness (QED) is 0.640. The molecule has 27 heavy (non-hydrogen) atoms. The van der Waals surface area contributed by atoms with Crippen molar-refractivity contribution in [3.8, 4) is 0 Å². The van der Waals surface area contributed by atoms with E-state index < -0.39 is 15.9 Å². The van der Waals surface area contributed by atoms with Gasteiger partial charge in [-0.1, -0.05) is 45.6 Å². The average molecular weight is 492 g/mol. The van der Waals surface area contributed by atoms with Gasteiger partial charge in [-0.3, -0.25) is 4.79 Å². The van der Waals surface area contributed by atoms with Crippen LogP contribution in [0.4, 0.5) is 5.69 Å². The van der Waals surface area contributed by atoms with Crippen LogP contribution in [0.3, 0.4) is 0 Å². The van der Waals surface area contributed by atoms with Gasteiger partial charge in [0, 0.05) is 23.1 Å². The minimum Gasteiger partial charge on any atom is -0.321 e. The second kappa shape index (κ2) is 8.49. The highest BCUT2D eigenvalue weighted by Crippen LogP contribution is 2.29. The minimum absolute atomic E-state index is 0.0550. The number of nitrogens with zero attached hydrogens (tertiary/aromatic N) is 1. The zero-order valence-corrected chi connectivity index (χ0v) is 18.1. The smallest absolute Gasteiger partial charge is 0.255 e. The third-order valence-electron chi connectivity index (χ3n) is 4.31. The Balaban J connectivity index is 1.89. The highest BCUT2D eigenvalue weighted by molar-refractivity contribution is 9.10. The van der Waals surface area contributed by atoms with E-state index in [1.807, 2.05) is 0 Å². The number of hydrogen-bond acceptors (Lipinski definition) is 3. The molecule has 5 nitrogen and oxygen atoms in total. The number of rotatable bonds is 4. The average Bonchev–Trinajstić information content (AvgIpc) is 2.65. The molecule has 2 aromatic rings. The summed E-state index contributed by atoms with van der Waals surface area (Å²) < 4.78 is 28.0. The van der Waals surface area contributed by atoms with Crippen LogP contribution in [0.1, 0.15) is 29.6 Å². The van der Waals surface area contributed by atoms with Gasteiger partial charge in [-0.25, -0.2) is 8.42 Å². The lowest BCUT2D eigenvalue weighted by atomic mass is 10.2. The first kappa shape index (κ1) is 20.6. The van der Waals surface area contributed by atoms with Crippen LogP contribution in [0.2, 0.25) is 10.0 Å². The maximum Gasteiger partial charge on any atom is 0.255 e. The van der Waals surface area contributed by atoms with E-state index >= 15 is 0 Å². The van der Waals surface area contributed by atoms with Gasteiger partial charge in [0.2, 0.25) is 10.0 Å². The molecule has 0 saturated carbocycles. The van der Waals surface area contributed by atoms with Gasteiger partial charge in [-0.15, -0.1) is 0 Å². The number of halogens is 3. The molecule has 0 radical (unpaired) electrons. The Morgan fingerprint density at radius 2 is 1.70 bits per heavy atom. The Morgan fingerprint density at radius 1 is 1.00 bits per heavy atom. The van der Waals surface area contributed by atoms with E-state index in [1.165, 1.54) is 22.5 Å². The van der Waals surface area contributed by atoms with E-state index in [0.29, 0.717) is 23.8 Å². The molecule has 0 bridgehead atoms. The number of sulfonamides is 1. The molecule has 9 heteroatoms. The van der Waals surface area contributed by atoms with Crippen LogP contribution in [0.25, 0.3) is 0 Å². The fourth-order valence-corrected chi connectivity index (χ4v) is 5.61. The molecule has 1 amide bonds. The van der Waals surface area contributed by atoms with Crippen LogP contribution < -0.4 is 5.32 Å². The molecule has 0 unspecified atom stereocenters. The van der Waals surface area contributed by atoms with Crippen molar-refractivity contribution in [2.45, 2.75) is 24.2 Å². The number of amides is 1. The van der Waals surface area contributed by atoms with E-state index in [9.17, 15) is 13.2 Å². The summed E-state index contributed by atoms with van der Waals surface area (Å²) in [4.78, 5) is 12.5. The zero-order chi connectivity index (χ0) is 19.6. The predicted molar refractivity (Wildman–Crippen MR) is 111 cm³/mol. The summed E-state index contributed by atoms with van der Waals surface area (Å²) >= 11 is 15.6. The van der Waals surface area contributed by atoms with E-state index in [1.54, 1.807) is 18.2 Å². The van der Waals surface area contributed by atoms with Gasteiger partial charge in [0.25, 0.3) is 5.91 Å². The molecule has 0 aliphatic carbocycles. The Morgan fingerprint density at radius 3 is 2.37 bits per heavy atom. The SMILES string of the molecule is O=C(Nc1ccc(Br)cc1Cl)c1ccc(Cl)c(S(=O)(=O)N2CCCCC2)c1. The normalized spacial score (nSPS) is 15.5. The Kier molecular flexibility index (Phi) is 6.48. The molecule has 1 saturated heterocycles. The molecule has 3 rings (SSSR count). The molecule has 144 valence electrons. The van der Waals surface area contributed by atoms with Gasteiger partial charge in [0.1, 0.15) is 4.90 Å². The van der Waals surface area contributed by atoms with Crippen LogP contribution in [0.15, 0.2) is 45.8 Å². The summed E-state index contributed by atoms with van der Waals surface area (Å²) in [6.45, 7) is 0.924. The molecule has 1 aliphatic rings. The molecule has 0 aromatic heterocycles. The predicted octanol–water partition coefficient (Wildman–Crippen LogP) is 5.18. The first-order valence-electron chi connectivity index (χ1n) is 8.35. The van der Waals surface area contributed by atoms with Crippen LogP contribution in [0, 0.1) is 0 Å². The van der Waals surface area contributed by atoms with Crippen LogP contribution in [-0.2, 0) is 10.0 Å². The summed E-state index contributed by atoms with van der Waals surface area (Å²) in [7, 11) is -3.75. The van der Waals surface area contributed by atoms with Crippen molar-refractivity contribution < 1.29 is 13.2 Å². The van der Waals surface area contributed by atoms with Crippen molar-refractivity contribution in [2.24, 2.45) is 0 Å². The van der Waals surface area contributed by atoms with E-state index in [0.717, 1.165) is 23.7 Å².